The number of allylic oxidation sites excluding steroid dienone is 3. The fourth-order valence-corrected chi connectivity index (χ4v) is 3.59. The summed E-state index contributed by atoms with van der Waals surface area (Å²) in [6, 6.07) is 7.35. The first-order chi connectivity index (χ1) is 11.4. The predicted octanol–water partition coefficient (Wildman–Crippen LogP) is 1.54. The SMILES string of the molecule is CS(=O)(=O)C1=CC(c2nc3c4ccccc4[nH]c(=O)n3n2)CC=C1. The molecule has 0 radical (unpaired) electrons. The van der Waals surface area contributed by atoms with E-state index >= 15 is 0 Å². The van der Waals surface area contributed by atoms with Crippen LogP contribution in [0.5, 0.6) is 0 Å². The van der Waals surface area contributed by atoms with Crippen molar-refractivity contribution in [2.45, 2.75) is 12.3 Å². The van der Waals surface area contributed by atoms with Gasteiger partial charge in [0.1, 0.15) is 0 Å². The number of aromatic nitrogens is 4. The summed E-state index contributed by atoms with van der Waals surface area (Å²) in [7, 11) is -3.30. The third kappa shape index (κ3) is 2.35. The standard InChI is InChI=1S/C16H14N4O3S/c1-24(22,23)11-6-4-5-10(9-11)14-18-15-12-7-2-3-8-13(12)17-16(21)20(15)19-14/h2-4,6-10H,5H2,1H3,(H,17,21). The van der Waals surface area contributed by atoms with E-state index in [9.17, 15) is 13.2 Å². The summed E-state index contributed by atoms with van der Waals surface area (Å²) in [4.78, 5) is 19.7. The van der Waals surface area contributed by atoms with Crippen molar-refractivity contribution in [1.29, 1.82) is 0 Å². The summed E-state index contributed by atoms with van der Waals surface area (Å²) >= 11 is 0. The molecule has 1 aromatic carbocycles. The molecular weight excluding hydrogens is 328 g/mol. The summed E-state index contributed by atoms with van der Waals surface area (Å²) in [5, 5.41) is 5.08. The predicted molar refractivity (Wildman–Crippen MR) is 90.5 cm³/mol. The van der Waals surface area contributed by atoms with Crippen LogP contribution in [0.25, 0.3) is 16.6 Å². The lowest BCUT2D eigenvalue weighted by Gasteiger charge is -2.12. The summed E-state index contributed by atoms with van der Waals surface area (Å²) < 4.78 is 24.7. The number of fused-ring (bicyclic) bond motifs is 3. The highest BCUT2D eigenvalue weighted by atomic mass is 32.2. The van der Waals surface area contributed by atoms with Crippen LogP contribution >= 0.6 is 0 Å². The van der Waals surface area contributed by atoms with E-state index in [1.54, 1.807) is 24.3 Å². The van der Waals surface area contributed by atoms with Crippen LogP contribution in [0.3, 0.4) is 0 Å². The molecule has 0 saturated heterocycles. The fourth-order valence-electron chi connectivity index (χ4n) is 2.84. The van der Waals surface area contributed by atoms with Crippen LogP contribution in [-0.4, -0.2) is 34.3 Å². The Balaban J connectivity index is 1.92. The first kappa shape index (κ1) is 14.8. The van der Waals surface area contributed by atoms with Gasteiger partial charge in [0.15, 0.2) is 21.3 Å². The van der Waals surface area contributed by atoms with E-state index in [2.05, 4.69) is 15.1 Å². The number of benzene rings is 1. The average molecular weight is 342 g/mol. The second kappa shape index (κ2) is 5.13. The Hall–Kier alpha value is -2.74. The van der Waals surface area contributed by atoms with Gasteiger partial charge >= 0.3 is 5.69 Å². The zero-order valence-electron chi connectivity index (χ0n) is 12.8. The third-order valence-corrected chi connectivity index (χ3v) is 5.15. The number of para-hydroxylation sites is 1. The minimum absolute atomic E-state index is 0.247. The van der Waals surface area contributed by atoms with Crippen molar-refractivity contribution >= 4 is 26.4 Å². The Morgan fingerprint density at radius 2 is 2.08 bits per heavy atom. The van der Waals surface area contributed by atoms with Gasteiger partial charge in [0, 0.05) is 17.6 Å². The molecule has 1 atom stereocenters. The zero-order valence-corrected chi connectivity index (χ0v) is 13.6. The molecule has 1 aliphatic rings. The number of aromatic amines is 1. The van der Waals surface area contributed by atoms with Crippen molar-refractivity contribution in [3.8, 4) is 0 Å². The molecule has 0 spiro atoms. The van der Waals surface area contributed by atoms with Crippen LogP contribution in [0.2, 0.25) is 0 Å². The molecule has 0 amide bonds. The van der Waals surface area contributed by atoms with Gasteiger partial charge in [-0.25, -0.2) is 18.2 Å². The Labute approximate surface area is 137 Å². The van der Waals surface area contributed by atoms with Crippen molar-refractivity contribution in [1.82, 2.24) is 19.6 Å². The number of nitrogens with zero attached hydrogens (tertiary/aromatic N) is 3. The van der Waals surface area contributed by atoms with E-state index < -0.39 is 9.84 Å². The van der Waals surface area contributed by atoms with Crippen LogP contribution in [0.4, 0.5) is 0 Å². The lowest BCUT2D eigenvalue weighted by atomic mass is 10.0. The largest absolute Gasteiger partial charge is 0.348 e. The smallest absolute Gasteiger partial charge is 0.305 e. The van der Waals surface area contributed by atoms with Crippen molar-refractivity contribution < 1.29 is 8.42 Å². The van der Waals surface area contributed by atoms with Gasteiger partial charge in [0.25, 0.3) is 0 Å². The first-order valence-electron chi connectivity index (χ1n) is 7.39. The molecule has 0 saturated carbocycles. The monoisotopic (exact) mass is 342 g/mol. The zero-order chi connectivity index (χ0) is 16.9. The normalized spacial score (nSPS) is 18.2. The van der Waals surface area contributed by atoms with Crippen LogP contribution < -0.4 is 5.69 Å². The molecule has 1 N–H and O–H groups in total. The second-order valence-electron chi connectivity index (χ2n) is 5.77. The van der Waals surface area contributed by atoms with Crippen LogP contribution in [0, 0.1) is 0 Å². The summed E-state index contributed by atoms with van der Waals surface area (Å²) in [5.41, 5.74) is 0.777. The highest BCUT2D eigenvalue weighted by Gasteiger charge is 2.22. The van der Waals surface area contributed by atoms with Crippen molar-refractivity contribution in [2.75, 3.05) is 6.26 Å². The Morgan fingerprint density at radius 1 is 1.29 bits per heavy atom. The minimum Gasteiger partial charge on any atom is -0.305 e. The van der Waals surface area contributed by atoms with Crippen LogP contribution in [0.15, 0.2) is 52.2 Å². The molecule has 8 heteroatoms. The highest BCUT2D eigenvalue weighted by Crippen LogP contribution is 2.27. The Morgan fingerprint density at radius 3 is 2.88 bits per heavy atom. The maximum Gasteiger partial charge on any atom is 0.348 e. The molecule has 4 rings (SSSR count). The molecule has 1 aliphatic carbocycles. The van der Waals surface area contributed by atoms with Gasteiger partial charge in [0.2, 0.25) is 0 Å². The van der Waals surface area contributed by atoms with Gasteiger partial charge in [-0.1, -0.05) is 24.3 Å². The molecule has 1 unspecified atom stereocenters. The topological polar surface area (TPSA) is 97.2 Å². The number of hydrogen-bond acceptors (Lipinski definition) is 5. The lowest BCUT2D eigenvalue weighted by molar-refractivity contribution is 0.607. The molecule has 7 nitrogen and oxygen atoms in total. The van der Waals surface area contributed by atoms with Gasteiger partial charge in [-0.3, -0.25) is 0 Å². The molecular formula is C16H14N4O3S. The van der Waals surface area contributed by atoms with E-state index in [-0.39, 0.29) is 16.5 Å². The first-order valence-corrected chi connectivity index (χ1v) is 9.29. The Bertz CT molecular complexity index is 1180. The molecule has 122 valence electrons. The van der Waals surface area contributed by atoms with E-state index in [0.29, 0.717) is 23.4 Å². The molecule has 0 bridgehead atoms. The molecule has 2 aromatic heterocycles. The quantitative estimate of drug-likeness (QED) is 0.762. The number of sulfone groups is 1. The molecule has 0 fully saturated rings. The van der Waals surface area contributed by atoms with Crippen molar-refractivity contribution in [3.63, 3.8) is 0 Å². The fraction of sp³-hybridized carbons (Fsp3) is 0.188. The van der Waals surface area contributed by atoms with E-state index in [1.165, 1.54) is 10.8 Å². The molecule has 24 heavy (non-hydrogen) atoms. The van der Waals surface area contributed by atoms with Gasteiger partial charge in [-0.05, 0) is 24.6 Å². The summed E-state index contributed by atoms with van der Waals surface area (Å²) in [6.07, 6.45) is 6.77. The van der Waals surface area contributed by atoms with Crippen LogP contribution in [-0.2, 0) is 9.84 Å². The maximum absolute atomic E-state index is 12.2. The average Bonchev–Trinajstić information content (AvgIpc) is 3.01. The van der Waals surface area contributed by atoms with Gasteiger partial charge < -0.3 is 4.98 Å². The van der Waals surface area contributed by atoms with Crippen molar-refractivity contribution in [2.24, 2.45) is 0 Å². The van der Waals surface area contributed by atoms with Gasteiger partial charge in [0.05, 0.1) is 10.4 Å². The minimum atomic E-state index is -3.30. The Kier molecular flexibility index (Phi) is 3.17. The molecule has 3 aromatic rings. The van der Waals surface area contributed by atoms with E-state index in [4.69, 9.17) is 0 Å². The van der Waals surface area contributed by atoms with E-state index in [0.717, 1.165) is 5.39 Å². The lowest BCUT2D eigenvalue weighted by Crippen LogP contribution is -2.17. The van der Waals surface area contributed by atoms with Crippen LogP contribution in [0.1, 0.15) is 18.2 Å². The van der Waals surface area contributed by atoms with E-state index in [1.807, 2.05) is 18.2 Å². The third-order valence-electron chi connectivity index (χ3n) is 4.02. The number of nitrogens with one attached hydrogen (secondary N) is 1. The number of rotatable bonds is 2. The summed E-state index contributed by atoms with van der Waals surface area (Å²) in [6.45, 7) is 0. The van der Waals surface area contributed by atoms with Gasteiger partial charge in [-0.15, -0.1) is 5.10 Å². The molecule has 0 aliphatic heterocycles. The summed E-state index contributed by atoms with van der Waals surface area (Å²) in [5.74, 6) is 0.153. The van der Waals surface area contributed by atoms with Crippen molar-refractivity contribution in [3.05, 3.63) is 63.7 Å². The maximum atomic E-state index is 12.2. The molecule has 2 heterocycles. The second-order valence-corrected chi connectivity index (χ2v) is 7.78. The number of hydrogen-bond donors (Lipinski definition) is 1. The highest BCUT2D eigenvalue weighted by molar-refractivity contribution is 7.94. The van der Waals surface area contributed by atoms with Gasteiger partial charge in [-0.2, -0.15) is 4.52 Å². The number of H-pyrrole nitrogens is 1.